The van der Waals surface area contributed by atoms with Crippen LogP contribution in [0.25, 0.3) is 0 Å². The molecule has 0 spiro atoms. The Kier molecular flexibility index (Phi) is 2.35. The van der Waals surface area contributed by atoms with Gasteiger partial charge in [-0.05, 0) is 31.1 Å². The number of piperidine rings is 1. The van der Waals surface area contributed by atoms with Gasteiger partial charge >= 0.3 is 0 Å². The zero-order valence-corrected chi connectivity index (χ0v) is 7.80. The fraction of sp³-hybridized carbons (Fsp3) is 1.00. The first-order valence-corrected chi connectivity index (χ1v) is 5.10. The summed E-state index contributed by atoms with van der Waals surface area (Å²) >= 11 is 0. The number of hydrogen-bond donors (Lipinski definition) is 0. The van der Waals surface area contributed by atoms with Crippen molar-refractivity contribution in [1.82, 2.24) is 4.90 Å². The van der Waals surface area contributed by atoms with Crippen molar-refractivity contribution in [3.63, 3.8) is 0 Å². The Hall–Kier alpha value is -0.110. The lowest BCUT2D eigenvalue weighted by atomic mass is 9.99. The number of nitrogens with zero attached hydrogens (tertiary/aromatic N) is 1. The topological polar surface area (TPSA) is 3.24 Å². The van der Waals surface area contributed by atoms with Crippen molar-refractivity contribution in [2.75, 3.05) is 19.6 Å². The molecule has 1 aliphatic heterocycles. The van der Waals surface area contributed by atoms with Gasteiger partial charge in [-0.2, -0.15) is 0 Å². The molecule has 0 aromatic rings. The highest BCUT2D eigenvalue weighted by molar-refractivity contribution is 4.82. The molecule has 0 aromatic heterocycles. The molecule has 1 nitrogen and oxygen atoms in total. The zero-order chi connectivity index (χ0) is 8.55. The molecule has 1 aliphatic carbocycles. The van der Waals surface area contributed by atoms with E-state index in [2.05, 4.69) is 11.8 Å². The van der Waals surface area contributed by atoms with E-state index in [9.17, 15) is 4.39 Å². The Morgan fingerprint density at radius 3 is 2.67 bits per heavy atom. The van der Waals surface area contributed by atoms with Gasteiger partial charge in [0.1, 0.15) is 6.17 Å². The third-order valence-electron chi connectivity index (χ3n) is 2.90. The van der Waals surface area contributed by atoms with E-state index in [4.69, 9.17) is 0 Å². The van der Waals surface area contributed by atoms with Crippen molar-refractivity contribution in [1.29, 1.82) is 0 Å². The molecule has 0 unspecified atom stereocenters. The fourth-order valence-corrected chi connectivity index (χ4v) is 2.20. The summed E-state index contributed by atoms with van der Waals surface area (Å²) in [5, 5.41) is 0. The molecule has 0 N–H and O–H groups in total. The van der Waals surface area contributed by atoms with E-state index in [1.807, 2.05) is 0 Å². The van der Waals surface area contributed by atoms with E-state index in [1.165, 1.54) is 12.8 Å². The Morgan fingerprint density at radius 1 is 1.33 bits per heavy atom. The first kappa shape index (κ1) is 8.49. The van der Waals surface area contributed by atoms with Gasteiger partial charge in [0.25, 0.3) is 0 Å². The van der Waals surface area contributed by atoms with Gasteiger partial charge in [-0.15, -0.1) is 0 Å². The highest BCUT2D eigenvalue weighted by Crippen LogP contribution is 2.31. The van der Waals surface area contributed by atoms with Gasteiger partial charge in [0.15, 0.2) is 0 Å². The molecule has 1 heterocycles. The molecule has 0 aromatic carbocycles. The smallest absolute Gasteiger partial charge is 0.113 e. The van der Waals surface area contributed by atoms with Crippen molar-refractivity contribution in [3.8, 4) is 0 Å². The molecule has 0 amide bonds. The van der Waals surface area contributed by atoms with Crippen LogP contribution in [0.2, 0.25) is 0 Å². The Morgan fingerprint density at radius 2 is 2.08 bits per heavy atom. The van der Waals surface area contributed by atoms with Gasteiger partial charge in [0, 0.05) is 19.6 Å². The summed E-state index contributed by atoms with van der Waals surface area (Å²) in [5.74, 6) is 1.47. The summed E-state index contributed by atoms with van der Waals surface area (Å²) in [6.07, 6.45) is 2.97. The van der Waals surface area contributed by atoms with Crippen molar-refractivity contribution in [2.24, 2.45) is 11.8 Å². The summed E-state index contributed by atoms with van der Waals surface area (Å²) in [5.41, 5.74) is 0. The van der Waals surface area contributed by atoms with Crippen LogP contribution < -0.4 is 0 Å². The standard InChI is InChI=1S/C10H18FN/c1-8-4-10(11)7-12(5-8)6-9-2-3-9/h8-10H,2-7H2,1H3/t8-,10-/m1/s1. The maximum absolute atomic E-state index is 13.1. The highest BCUT2D eigenvalue weighted by atomic mass is 19.1. The summed E-state index contributed by atoms with van der Waals surface area (Å²) < 4.78 is 13.1. The molecule has 1 saturated heterocycles. The number of likely N-dealkylation sites (tertiary alicyclic amines) is 1. The maximum Gasteiger partial charge on any atom is 0.113 e. The molecule has 0 radical (unpaired) electrons. The third-order valence-corrected chi connectivity index (χ3v) is 2.90. The first-order chi connectivity index (χ1) is 5.74. The SMILES string of the molecule is C[C@@H]1C[C@@H](F)CN(CC2CC2)C1. The molecule has 12 heavy (non-hydrogen) atoms. The molecule has 70 valence electrons. The van der Waals surface area contributed by atoms with E-state index in [1.54, 1.807) is 0 Å². The van der Waals surface area contributed by atoms with Crippen LogP contribution in [0, 0.1) is 11.8 Å². The van der Waals surface area contributed by atoms with Crippen LogP contribution in [-0.2, 0) is 0 Å². The highest BCUT2D eigenvalue weighted by Gasteiger charge is 2.29. The monoisotopic (exact) mass is 171 g/mol. The van der Waals surface area contributed by atoms with Gasteiger partial charge in [-0.25, -0.2) is 4.39 Å². The lowest BCUT2D eigenvalue weighted by Crippen LogP contribution is -2.41. The van der Waals surface area contributed by atoms with Gasteiger partial charge < -0.3 is 0 Å². The average molecular weight is 171 g/mol. The molecule has 2 atom stereocenters. The second-order valence-corrected chi connectivity index (χ2v) is 4.60. The van der Waals surface area contributed by atoms with Gasteiger partial charge in [-0.1, -0.05) is 6.92 Å². The van der Waals surface area contributed by atoms with E-state index in [-0.39, 0.29) is 0 Å². The fourth-order valence-electron chi connectivity index (χ4n) is 2.20. The number of halogens is 1. The average Bonchev–Trinajstić information content (AvgIpc) is 2.68. The summed E-state index contributed by atoms with van der Waals surface area (Å²) in [4.78, 5) is 2.32. The van der Waals surface area contributed by atoms with Crippen LogP contribution in [-0.4, -0.2) is 30.7 Å². The summed E-state index contributed by atoms with van der Waals surface area (Å²) in [7, 11) is 0. The predicted octanol–water partition coefficient (Wildman–Crippen LogP) is 2.08. The van der Waals surface area contributed by atoms with Crippen LogP contribution in [0.3, 0.4) is 0 Å². The zero-order valence-electron chi connectivity index (χ0n) is 7.80. The molecule has 2 heteroatoms. The summed E-state index contributed by atoms with van der Waals surface area (Å²) in [6.45, 7) is 5.13. The molecule has 2 fully saturated rings. The first-order valence-electron chi connectivity index (χ1n) is 5.10. The normalized spacial score (nSPS) is 38.5. The largest absolute Gasteiger partial charge is 0.300 e. The Bertz CT molecular complexity index is 143. The predicted molar refractivity (Wildman–Crippen MR) is 47.8 cm³/mol. The van der Waals surface area contributed by atoms with Gasteiger partial charge in [-0.3, -0.25) is 4.90 Å². The number of rotatable bonds is 2. The van der Waals surface area contributed by atoms with E-state index in [0.29, 0.717) is 12.5 Å². The Balaban J connectivity index is 1.79. The molecule has 1 saturated carbocycles. The second-order valence-electron chi connectivity index (χ2n) is 4.60. The molecule has 2 aliphatic rings. The number of hydrogen-bond acceptors (Lipinski definition) is 1. The third kappa shape index (κ3) is 2.19. The lowest BCUT2D eigenvalue weighted by Gasteiger charge is -2.32. The van der Waals surface area contributed by atoms with Crippen molar-refractivity contribution in [3.05, 3.63) is 0 Å². The van der Waals surface area contributed by atoms with Crippen LogP contribution in [0.15, 0.2) is 0 Å². The minimum absolute atomic E-state index is 0.562. The van der Waals surface area contributed by atoms with Crippen LogP contribution in [0.4, 0.5) is 4.39 Å². The number of alkyl halides is 1. The van der Waals surface area contributed by atoms with E-state index < -0.39 is 6.17 Å². The van der Waals surface area contributed by atoms with Crippen LogP contribution >= 0.6 is 0 Å². The van der Waals surface area contributed by atoms with Crippen molar-refractivity contribution < 1.29 is 4.39 Å². The minimum atomic E-state index is -0.563. The minimum Gasteiger partial charge on any atom is -0.300 e. The van der Waals surface area contributed by atoms with Crippen LogP contribution in [0.1, 0.15) is 26.2 Å². The molecule has 0 bridgehead atoms. The molecular weight excluding hydrogens is 153 g/mol. The lowest BCUT2D eigenvalue weighted by molar-refractivity contribution is 0.0994. The van der Waals surface area contributed by atoms with E-state index in [0.717, 1.165) is 25.4 Å². The Labute approximate surface area is 73.9 Å². The quantitative estimate of drug-likeness (QED) is 0.615. The van der Waals surface area contributed by atoms with Crippen molar-refractivity contribution >= 4 is 0 Å². The van der Waals surface area contributed by atoms with Gasteiger partial charge in [0.2, 0.25) is 0 Å². The van der Waals surface area contributed by atoms with Gasteiger partial charge in [0.05, 0.1) is 0 Å². The van der Waals surface area contributed by atoms with E-state index >= 15 is 0 Å². The summed E-state index contributed by atoms with van der Waals surface area (Å²) in [6, 6.07) is 0. The molecular formula is C10H18FN. The second kappa shape index (κ2) is 3.33. The molecule has 2 rings (SSSR count). The maximum atomic E-state index is 13.1. The van der Waals surface area contributed by atoms with Crippen LogP contribution in [0.5, 0.6) is 0 Å². The van der Waals surface area contributed by atoms with Crippen molar-refractivity contribution in [2.45, 2.75) is 32.4 Å².